The normalized spacial score (nSPS) is 18.0. The van der Waals surface area contributed by atoms with Gasteiger partial charge in [0, 0.05) is 5.69 Å². The van der Waals surface area contributed by atoms with Gasteiger partial charge in [-0.2, -0.15) is 0 Å². The van der Waals surface area contributed by atoms with Gasteiger partial charge >= 0.3 is 0 Å². The maximum Gasteiger partial charge on any atom is 0.137 e. The minimum atomic E-state index is -0.209. The molecule has 110 valence electrons. The fraction of sp³-hybridized carbons (Fsp3) is 0.333. The molecule has 0 saturated carbocycles. The molecule has 0 bridgehead atoms. The van der Waals surface area contributed by atoms with E-state index in [1.54, 1.807) is 6.07 Å². The summed E-state index contributed by atoms with van der Waals surface area (Å²) in [6.07, 6.45) is 4.72. The molecule has 3 rings (SSSR count). The molecule has 2 aromatic carbocycles. The predicted octanol–water partition coefficient (Wildman–Crippen LogP) is 5.78. The number of fused-ring (bicyclic) bond motifs is 1. The highest BCUT2D eigenvalue weighted by molar-refractivity contribution is 9.10. The molecule has 1 unspecified atom stereocenters. The molecule has 0 spiro atoms. The molecular weight excluding hydrogens is 329 g/mol. The smallest absolute Gasteiger partial charge is 0.137 e. The topological polar surface area (TPSA) is 12.0 Å². The maximum absolute atomic E-state index is 13.6. The molecule has 21 heavy (non-hydrogen) atoms. The van der Waals surface area contributed by atoms with Crippen molar-refractivity contribution in [3.63, 3.8) is 0 Å². The molecule has 0 fully saturated rings. The Bertz CT molecular complexity index is 654. The number of halogens is 2. The van der Waals surface area contributed by atoms with Crippen molar-refractivity contribution in [1.29, 1.82) is 0 Å². The van der Waals surface area contributed by atoms with Gasteiger partial charge in [-0.25, -0.2) is 4.39 Å². The number of aryl methyl sites for hydroxylation is 2. The lowest BCUT2D eigenvalue weighted by Crippen LogP contribution is -2.12. The molecule has 0 saturated heterocycles. The predicted molar refractivity (Wildman–Crippen MR) is 89.2 cm³/mol. The number of hydrogen-bond donors (Lipinski definition) is 1. The van der Waals surface area contributed by atoms with Gasteiger partial charge in [0.05, 0.1) is 10.5 Å². The van der Waals surface area contributed by atoms with Gasteiger partial charge in [0.25, 0.3) is 0 Å². The minimum Gasteiger partial charge on any atom is -0.378 e. The molecule has 0 aliphatic heterocycles. The van der Waals surface area contributed by atoms with Gasteiger partial charge in [0.2, 0.25) is 0 Å². The van der Waals surface area contributed by atoms with Crippen molar-refractivity contribution >= 4 is 21.6 Å². The van der Waals surface area contributed by atoms with Gasteiger partial charge in [-0.15, -0.1) is 0 Å². The van der Waals surface area contributed by atoms with Crippen molar-refractivity contribution in [2.75, 3.05) is 5.32 Å². The van der Waals surface area contributed by atoms with Crippen LogP contribution in [0, 0.1) is 12.7 Å². The average molecular weight is 348 g/mol. The van der Waals surface area contributed by atoms with Crippen LogP contribution in [0.15, 0.2) is 40.9 Å². The summed E-state index contributed by atoms with van der Waals surface area (Å²) in [5.74, 6) is -0.209. The third kappa shape index (κ3) is 3.13. The second-order valence-electron chi connectivity index (χ2n) is 5.72. The molecule has 1 nitrogen and oxygen atoms in total. The first-order chi connectivity index (χ1) is 10.1. The minimum absolute atomic E-state index is 0.209. The second-order valence-corrected chi connectivity index (χ2v) is 6.58. The molecule has 0 heterocycles. The van der Waals surface area contributed by atoms with E-state index < -0.39 is 0 Å². The summed E-state index contributed by atoms with van der Waals surface area (Å²) in [6.45, 7) is 1.94. The van der Waals surface area contributed by atoms with Gasteiger partial charge in [-0.05, 0) is 70.9 Å². The average Bonchev–Trinajstić information content (AvgIpc) is 2.67. The largest absolute Gasteiger partial charge is 0.378 e. The number of nitrogens with one attached hydrogen (secondary N) is 1. The van der Waals surface area contributed by atoms with Crippen LogP contribution in [0.4, 0.5) is 10.1 Å². The number of anilines is 1. The molecule has 0 amide bonds. The lowest BCUT2D eigenvalue weighted by atomic mass is 9.98. The zero-order valence-electron chi connectivity index (χ0n) is 12.1. The molecule has 0 aromatic heterocycles. The fourth-order valence-electron chi connectivity index (χ4n) is 3.06. The van der Waals surface area contributed by atoms with Crippen molar-refractivity contribution in [2.45, 2.75) is 38.6 Å². The summed E-state index contributed by atoms with van der Waals surface area (Å²) in [4.78, 5) is 0. The highest BCUT2D eigenvalue weighted by atomic mass is 79.9. The van der Waals surface area contributed by atoms with Crippen LogP contribution in [0.1, 0.15) is 42.0 Å². The van der Waals surface area contributed by atoms with E-state index in [9.17, 15) is 4.39 Å². The third-order valence-electron chi connectivity index (χ3n) is 4.22. The van der Waals surface area contributed by atoms with E-state index >= 15 is 0 Å². The maximum atomic E-state index is 13.6. The Morgan fingerprint density at radius 3 is 2.86 bits per heavy atom. The number of hydrogen-bond acceptors (Lipinski definition) is 1. The van der Waals surface area contributed by atoms with Crippen LogP contribution in [0.25, 0.3) is 0 Å². The molecule has 0 radical (unpaired) electrons. The number of rotatable bonds is 2. The Kier molecular flexibility index (Phi) is 4.29. The molecule has 3 heteroatoms. The van der Waals surface area contributed by atoms with Gasteiger partial charge in [0.15, 0.2) is 0 Å². The van der Waals surface area contributed by atoms with Crippen molar-refractivity contribution in [3.8, 4) is 0 Å². The summed E-state index contributed by atoms with van der Waals surface area (Å²) >= 11 is 3.28. The lowest BCUT2D eigenvalue weighted by molar-refractivity contribution is 0.618. The van der Waals surface area contributed by atoms with Crippen LogP contribution >= 0.6 is 15.9 Å². The van der Waals surface area contributed by atoms with Gasteiger partial charge in [-0.3, -0.25) is 0 Å². The van der Waals surface area contributed by atoms with Crippen molar-refractivity contribution < 1.29 is 4.39 Å². The van der Waals surface area contributed by atoms with Crippen LogP contribution in [-0.4, -0.2) is 0 Å². The standard InChI is InChI=1S/C18H19BrFN/c1-12-10-16(20)15(19)11-18(12)21-17-9-5-3-7-13-6-2-4-8-14(13)17/h2,4,6,8,10-11,17,21H,3,5,7,9H2,1H3. The summed E-state index contributed by atoms with van der Waals surface area (Å²) in [5.41, 5.74) is 4.77. The van der Waals surface area contributed by atoms with E-state index in [4.69, 9.17) is 0 Å². The van der Waals surface area contributed by atoms with Crippen LogP contribution in [0.3, 0.4) is 0 Å². The fourth-order valence-corrected chi connectivity index (χ4v) is 3.40. The number of benzene rings is 2. The highest BCUT2D eigenvalue weighted by Gasteiger charge is 2.19. The van der Waals surface area contributed by atoms with Gasteiger partial charge in [-0.1, -0.05) is 30.7 Å². The Labute approximate surface area is 133 Å². The Hall–Kier alpha value is -1.35. The Morgan fingerprint density at radius 2 is 2.00 bits per heavy atom. The first kappa shape index (κ1) is 14.6. The summed E-state index contributed by atoms with van der Waals surface area (Å²) in [7, 11) is 0. The van der Waals surface area contributed by atoms with Crippen molar-refractivity contribution in [3.05, 3.63) is 63.4 Å². The first-order valence-corrected chi connectivity index (χ1v) is 8.24. The third-order valence-corrected chi connectivity index (χ3v) is 4.82. The molecular formula is C18H19BrFN. The van der Waals surface area contributed by atoms with E-state index in [1.807, 2.05) is 13.0 Å². The van der Waals surface area contributed by atoms with Crippen LogP contribution in [-0.2, 0) is 6.42 Å². The second kappa shape index (κ2) is 6.18. The van der Waals surface area contributed by atoms with E-state index in [1.165, 1.54) is 24.0 Å². The van der Waals surface area contributed by atoms with E-state index in [0.717, 1.165) is 24.1 Å². The molecule has 1 atom stereocenters. The lowest BCUT2D eigenvalue weighted by Gasteiger charge is -2.22. The van der Waals surface area contributed by atoms with Gasteiger partial charge < -0.3 is 5.32 Å². The van der Waals surface area contributed by atoms with Crippen LogP contribution in [0.5, 0.6) is 0 Å². The monoisotopic (exact) mass is 347 g/mol. The summed E-state index contributed by atoms with van der Waals surface area (Å²) in [6, 6.07) is 12.4. The summed E-state index contributed by atoms with van der Waals surface area (Å²) < 4.78 is 14.1. The van der Waals surface area contributed by atoms with Gasteiger partial charge in [0.1, 0.15) is 5.82 Å². The Balaban J connectivity index is 1.93. The summed E-state index contributed by atoms with van der Waals surface area (Å²) in [5, 5.41) is 3.62. The van der Waals surface area contributed by atoms with E-state index in [0.29, 0.717) is 10.5 Å². The van der Waals surface area contributed by atoms with E-state index in [2.05, 4.69) is 45.5 Å². The molecule has 1 aliphatic carbocycles. The van der Waals surface area contributed by atoms with E-state index in [-0.39, 0.29) is 5.82 Å². The zero-order chi connectivity index (χ0) is 14.8. The molecule has 1 aliphatic rings. The molecule has 2 aromatic rings. The molecule has 1 N–H and O–H groups in total. The van der Waals surface area contributed by atoms with Crippen LogP contribution in [0.2, 0.25) is 0 Å². The Morgan fingerprint density at radius 1 is 1.19 bits per heavy atom. The highest BCUT2D eigenvalue weighted by Crippen LogP contribution is 2.33. The first-order valence-electron chi connectivity index (χ1n) is 7.45. The van der Waals surface area contributed by atoms with Crippen molar-refractivity contribution in [2.24, 2.45) is 0 Å². The SMILES string of the molecule is Cc1cc(F)c(Br)cc1NC1CCCCc2ccccc21. The quantitative estimate of drug-likeness (QED) is 0.679. The van der Waals surface area contributed by atoms with Crippen molar-refractivity contribution in [1.82, 2.24) is 0 Å². The zero-order valence-corrected chi connectivity index (χ0v) is 13.7. The van der Waals surface area contributed by atoms with Crippen LogP contribution < -0.4 is 5.32 Å².